The third-order valence-electron chi connectivity index (χ3n) is 3.72. The van der Waals surface area contributed by atoms with Gasteiger partial charge in [0.2, 0.25) is 5.91 Å². The molecular formula is C16H24N2O2. The number of ether oxygens (including phenoxy) is 1. The molecule has 4 heteroatoms. The number of para-hydroxylation sites is 1. The smallest absolute Gasteiger partial charge is 0.224 e. The largest absolute Gasteiger partial charge is 0.380 e. The van der Waals surface area contributed by atoms with Crippen molar-refractivity contribution >= 4 is 11.6 Å². The molecular weight excluding hydrogens is 252 g/mol. The van der Waals surface area contributed by atoms with Gasteiger partial charge in [0, 0.05) is 30.8 Å². The highest BCUT2D eigenvalue weighted by Crippen LogP contribution is 2.17. The standard InChI is InChI=1S/C16H24N2O2/c1-20-12-13-6-2-3-8-15(13)18-16(19)10-9-14-7-4-5-11-17-14/h2-3,6,8,14,17H,4-5,7,9-12H2,1H3,(H,18,19). The normalized spacial score (nSPS) is 18.8. The average molecular weight is 276 g/mol. The minimum atomic E-state index is 0.0842. The second-order valence-corrected chi connectivity index (χ2v) is 5.32. The lowest BCUT2D eigenvalue weighted by molar-refractivity contribution is -0.116. The van der Waals surface area contributed by atoms with Gasteiger partial charge in [-0.1, -0.05) is 24.6 Å². The molecule has 1 aliphatic rings. The molecule has 0 aromatic heterocycles. The van der Waals surface area contributed by atoms with Crippen LogP contribution in [-0.2, 0) is 16.1 Å². The summed E-state index contributed by atoms with van der Waals surface area (Å²) in [6.07, 6.45) is 5.20. The van der Waals surface area contributed by atoms with Gasteiger partial charge in [-0.2, -0.15) is 0 Å². The van der Waals surface area contributed by atoms with Gasteiger partial charge in [-0.3, -0.25) is 4.79 Å². The maximum atomic E-state index is 12.0. The van der Waals surface area contributed by atoms with E-state index >= 15 is 0 Å². The Hall–Kier alpha value is -1.39. The number of carbonyl (C=O) groups is 1. The Morgan fingerprint density at radius 1 is 1.40 bits per heavy atom. The van der Waals surface area contributed by atoms with E-state index in [0.29, 0.717) is 19.1 Å². The average Bonchev–Trinajstić information content (AvgIpc) is 2.49. The molecule has 4 nitrogen and oxygen atoms in total. The van der Waals surface area contributed by atoms with Gasteiger partial charge in [0.15, 0.2) is 0 Å². The van der Waals surface area contributed by atoms with E-state index in [9.17, 15) is 4.79 Å². The number of amides is 1. The molecule has 1 saturated heterocycles. The molecule has 2 rings (SSSR count). The van der Waals surface area contributed by atoms with Crippen LogP contribution in [0.15, 0.2) is 24.3 Å². The van der Waals surface area contributed by atoms with Crippen molar-refractivity contribution in [1.29, 1.82) is 0 Å². The van der Waals surface area contributed by atoms with Gasteiger partial charge in [0.1, 0.15) is 0 Å². The van der Waals surface area contributed by atoms with E-state index in [1.54, 1.807) is 7.11 Å². The third-order valence-corrected chi connectivity index (χ3v) is 3.72. The van der Waals surface area contributed by atoms with Gasteiger partial charge >= 0.3 is 0 Å². The maximum Gasteiger partial charge on any atom is 0.224 e. The second kappa shape index (κ2) is 8.02. The lowest BCUT2D eigenvalue weighted by atomic mass is 10.0. The topological polar surface area (TPSA) is 50.4 Å². The molecule has 1 heterocycles. The first-order valence-electron chi connectivity index (χ1n) is 7.39. The quantitative estimate of drug-likeness (QED) is 0.840. The number of benzene rings is 1. The molecule has 20 heavy (non-hydrogen) atoms. The molecule has 0 radical (unpaired) electrons. The molecule has 0 aliphatic carbocycles. The van der Waals surface area contributed by atoms with Crippen LogP contribution in [0.3, 0.4) is 0 Å². The number of piperidine rings is 1. The monoisotopic (exact) mass is 276 g/mol. The van der Waals surface area contributed by atoms with Crippen molar-refractivity contribution in [3.8, 4) is 0 Å². The van der Waals surface area contributed by atoms with Crippen LogP contribution >= 0.6 is 0 Å². The molecule has 1 aliphatic heterocycles. The molecule has 0 saturated carbocycles. The summed E-state index contributed by atoms with van der Waals surface area (Å²) in [5, 5.41) is 6.46. The van der Waals surface area contributed by atoms with Crippen LogP contribution in [0.4, 0.5) is 5.69 Å². The summed E-state index contributed by atoms with van der Waals surface area (Å²) in [5.74, 6) is 0.0842. The summed E-state index contributed by atoms with van der Waals surface area (Å²) in [6, 6.07) is 8.28. The Balaban J connectivity index is 1.81. The first kappa shape index (κ1) is 15.0. The number of nitrogens with one attached hydrogen (secondary N) is 2. The van der Waals surface area contributed by atoms with Crippen LogP contribution in [0.25, 0.3) is 0 Å². The maximum absolute atomic E-state index is 12.0. The number of hydrogen-bond donors (Lipinski definition) is 2. The number of rotatable bonds is 6. The molecule has 2 N–H and O–H groups in total. The lowest BCUT2D eigenvalue weighted by Gasteiger charge is -2.23. The molecule has 1 unspecified atom stereocenters. The molecule has 1 fully saturated rings. The number of methoxy groups -OCH3 is 1. The minimum absolute atomic E-state index is 0.0842. The minimum Gasteiger partial charge on any atom is -0.380 e. The molecule has 1 aromatic carbocycles. The van der Waals surface area contributed by atoms with Gasteiger partial charge in [-0.25, -0.2) is 0 Å². The Bertz CT molecular complexity index is 428. The van der Waals surface area contributed by atoms with Gasteiger partial charge in [-0.05, 0) is 31.9 Å². The summed E-state index contributed by atoms with van der Waals surface area (Å²) < 4.78 is 5.14. The highest BCUT2D eigenvalue weighted by Gasteiger charge is 2.14. The van der Waals surface area contributed by atoms with Crippen LogP contribution < -0.4 is 10.6 Å². The SMILES string of the molecule is COCc1ccccc1NC(=O)CCC1CCCCN1. The van der Waals surface area contributed by atoms with Crippen LogP contribution in [0.5, 0.6) is 0 Å². The Kier molecular flexibility index (Phi) is 6.02. The first-order chi connectivity index (χ1) is 9.79. The van der Waals surface area contributed by atoms with E-state index in [1.807, 2.05) is 24.3 Å². The zero-order valence-electron chi connectivity index (χ0n) is 12.2. The van der Waals surface area contributed by atoms with E-state index in [0.717, 1.165) is 24.2 Å². The van der Waals surface area contributed by atoms with Crippen molar-refractivity contribution in [3.05, 3.63) is 29.8 Å². The number of anilines is 1. The van der Waals surface area contributed by atoms with Crippen molar-refractivity contribution in [2.45, 2.75) is 44.8 Å². The van der Waals surface area contributed by atoms with E-state index in [-0.39, 0.29) is 5.91 Å². The first-order valence-corrected chi connectivity index (χ1v) is 7.39. The summed E-state index contributed by atoms with van der Waals surface area (Å²) in [5.41, 5.74) is 1.87. The highest BCUT2D eigenvalue weighted by molar-refractivity contribution is 5.91. The Morgan fingerprint density at radius 2 is 2.25 bits per heavy atom. The summed E-state index contributed by atoms with van der Waals surface area (Å²) in [6.45, 7) is 1.60. The predicted molar refractivity (Wildman–Crippen MR) is 80.7 cm³/mol. The zero-order chi connectivity index (χ0) is 14.2. The van der Waals surface area contributed by atoms with Crippen molar-refractivity contribution in [3.63, 3.8) is 0 Å². The lowest BCUT2D eigenvalue weighted by Crippen LogP contribution is -2.34. The fraction of sp³-hybridized carbons (Fsp3) is 0.562. The van der Waals surface area contributed by atoms with Crippen molar-refractivity contribution in [1.82, 2.24) is 5.32 Å². The molecule has 110 valence electrons. The Labute approximate surface area is 120 Å². The summed E-state index contributed by atoms with van der Waals surface area (Å²) in [7, 11) is 1.66. The second-order valence-electron chi connectivity index (χ2n) is 5.32. The number of hydrogen-bond acceptors (Lipinski definition) is 3. The van der Waals surface area contributed by atoms with Crippen molar-refractivity contribution < 1.29 is 9.53 Å². The van der Waals surface area contributed by atoms with Crippen molar-refractivity contribution in [2.24, 2.45) is 0 Å². The molecule has 0 bridgehead atoms. The molecule has 1 atom stereocenters. The van der Waals surface area contributed by atoms with Crippen LogP contribution in [0.2, 0.25) is 0 Å². The van der Waals surface area contributed by atoms with E-state index in [2.05, 4.69) is 10.6 Å². The molecule has 0 spiro atoms. The highest BCUT2D eigenvalue weighted by atomic mass is 16.5. The third kappa shape index (κ3) is 4.62. The summed E-state index contributed by atoms with van der Waals surface area (Å²) in [4.78, 5) is 12.0. The molecule has 1 aromatic rings. The molecule has 1 amide bonds. The van der Waals surface area contributed by atoms with E-state index < -0.39 is 0 Å². The summed E-state index contributed by atoms with van der Waals surface area (Å²) >= 11 is 0. The predicted octanol–water partition coefficient (Wildman–Crippen LogP) is 2.69. The van der Waals surface area contributed by atoms with Gasteiger partial charge in [0.25, 0.3) is 0 Å². The van der Waals surface area contributed by atoms with Crippen LogP contribution in [-0.4, -0.2) is 25.6 Å². The van der Waals surface area contributed by atoms with Crippen molar-refractivity contribution in [2.75, 3.05) is 19.0 Å². The zero-order valence-corrected chi connectivity index (χ0v) is 12.2. The van der Waals surface area contributed by atoms with Crippen LogP contribution in [0, 0.1) is 0 Å². The van der Waals surface area contributed by atoms with Gasteiger partial charge in [0.05, 0.1) is 6.61 Å². The van der Waals surface area contributed by atoms with Gasteiger partial charge in [-0.15, -0.1) is 0 Å². The number of carbonyl (C=O) groups excluding carboxylic acids is 1. The Morgan fingerprint density at radius 3 is 3.00 bits per heavy atom. The van der Waals surface area contributed by atoms with Gasteiger partial charge < -0.3 is 15.4 Å². The van der Waals surface area contributed by atoms with E-state index in [1.165, 1.54) is 19.3 Å². The van der Waals surface area contributed by atoms with Crippen LogP contribution in [0.1, 0.15) is 37.7 Å². The fourth-order valence-electron chi connectivity index (χ4n) is 2.61. The van der Waals surface area contributed by atoms with E-state index in [4.69, 9.17) is 4.74 Å². The fourth-order valence-corrected chi connectivity index (χ4v) is 2.61.